The Kier molecular flexibility index (Phi) is 6.28. The number of benzene rings is 1. The Morgan fingerprint density at radius 1 is 1.26 bits per heavy atom. The van der Waals surface area contributed by atoms with E-state index in [4.69, 9.17) is 4.52 Å². The molecule has 1 amide bonds. The van der Waals surface area contributed by atoms with Gasteiger partial charge in [-0.2, -0.15) is 0 Å². The number of anilines is 1. The quantitative estimate of drug-likeness (QED) is 0.567. The maximum absolute atomic E-state index is 12.7. The second-order valence-corrected chi connectivity index (χ2v) is 8.72. The molecule has 0 fully saturated rings. The second-order valence-electron chi connectivity index (χ2n) is 6.64. The number of rotatable bonds is 7. The molecule has 3 aromatic rings. The van der Waals surface area contributed by atoms with Crippen molar-refractivity contribution < 1.29 is 9.32 Å². The van der Waals surface area contributed by atoms with Crippen molar-refractivity contribution in [3.63, 3.8) is 0 Å². The SMILES string of the molecule is Cc1noc(C)c1CSc1ccccc1C(=O)Nc1nnc(CC(C)C)s1. The van der Waals surface area contributed by atoms with Crippen molar-refractivity contribution in [2.45, 2.75) is 44.8 Å². The van der Waals surface area contributed by atoms with Gasteiger partial charge < -0.3 is 4.52 Å². The topological polar surface area (TPSA) is 80.9 Å². The first kappa shape index (κ1) is 19.6. The molecule has 0 aliphatic rings. The van der Waals surface area contributed by atoms with Gasteiger partial charge in [-0.1, -0.05) is 42.5 Å². The fourth-order valence-electron chi connectivity index (χ4n) is 2.54. The number of amides is 1. The van der Waals surface area contributed by atoms with Gasteiger partial charge in [-0.3, -0.25) is 10.1 Å². The highest BCUT2D eigenvalue weighted by molar-refractivity contribution is 7.98. The van der Waals surface area contributed by atoms with Crippen molar-refractivity contribution in [2.24, 2.45) is 5.92 Å². The van der Waals surface area contributed by atoms with Crippen molar-refractivity contribution in [1.82, 2.24) is 15.4 Å². The second kappa shape index (κ2) is 8.67. The highest BCUT2D eigenvalue weighted by Crippen LogP contribution is 2.29. The molecule has 0 spiro atoms. The number of nitrogens with zero attached hydrogens (tertiary/aromatic N) is 3. The van der Waals surface area contributed by atoms with E-state index < -0.39 is 0 Å². The number of aromatic nitrogens is 3. The molecule has 0 unspecified atom stereocenters. The Morgan fingerprint density at radius 3 is 2.74 bits per heavy atom. The van der Waals surface area contributed by atoms with Crippen LogP contribution in [0.2, 0.25) is 0 Å². The van der Waals surface area contributed by atoms with Crippen LogP contribution in [0.1, 0.15) is 46.2 Å². The van der Waals surface area contributed by atoms with E-state index in [9.17, 15) is 4.79 Å². The van der Waals surface area contributed by atoms with Gasteiger partial charge in [-0.15, -0.1) is 22.0 Å². The molecular formula is C19H22N4O2S2. The fraction of sp³-hybridized carbons (Fsp3) is 0.368. The molecule has 0 bridgehead atoms. The minimum Gasteiger partial charge on any atom is -0.361 e. The third-order valence-corrected chi connectivity index (χ3v) is 5.92. The zero-order chi connectivity index (χ0) is 19.4. The summed E-state index contributed by atoms with van der Waals surface area (Å²) < 4.78 is 5.21. The minimum absolute atomic E-state index is 0.177. The Bertz CT molecular complexity index is 914. The summed E-state index contributed by atoms with van der Waals surface area (Å²) >= 11 is 3.02. The first-order chi connectivity index (χ1) is 12.9. The summed E-state index contributed by atoms with van der Waals surface area (Å²) in [6.45, 7) is 8.09. The molecule has 0 aliphatic carbocycles. The summed E-state index contributed by atoms with van der Waals surface area (Å²) in [5, 5.41) is 16.5. The van der Waals surface area contributed by atoms with E-state index in [0.717, 1.165) is 33.3 Å². The van der Waals surface area contributed by atoms with Crippen LogP contribution in [0.3, 0.4) is 0 Å². The molecule has 2 heterocycles. The predicted molar refractivity (Wildman–Crippen MR) is 108 cm³/mol. The third kappa shape index (κ3) is 4.95. The smallest absolute Gasteiger partial charge is 0.258 e. The van der Waals surface area contributed by atoms with Crippen LogP contribution in [0.15, 0.2) is 33.7 Å². The number of thioether (sulfide) groups is 1. The molecule has 3 rings (SSSR count). The van der Waals surface area contributed by atoms with Gasteiger partial charge in [-0.05, 0) is 31.9 Å². The highest BCUT2D eigenvalue weighted by Gasteiger charge is 2.16. The lowest BCUT2D eigenvalue weighted by atomic mass is 10.1. The average molecular weight is 403 g/mol. The molecule has 0 saturated carbocycles. The lowest BCUT2D eigenvalue weighted by Crippen LogP contribution is -2.12. The number of carbonyl (C=O) groups excluding carboxylic acids is 1. The van der Waals surface area contributed by atoms with Crippen LogP contribution in [0.25, 0.3) is 0 Å². The van der Waals surface area contributed by atoms with Crippen LogP contribution in [-0.2, 0) is 12.2 Å². The molecule has 0 saturated heterocycles. The fourth-order valence-corrected chi connectivity index (χ4v) is 4.69. The van der Waals surface area contributed by atoms with Crippen molar-refractivity contribution in [1.29, 1.82) is 0 Å². The molecule has 142 valence electrons. The van der Waals surface area contributed by atoms with E-state index in [-0.39, 0.29) is 5.91 Å². The molecule has 0 aliphatic heterocycles. The van der Waals surface area contributed by atoms with E-state index in [1.165, 1.54) is 11.3 Å². The monoisotopic (exact) mass is 402 g/mol. The maximum atomic E-state index is 12.7. The van der Waals surface area contributed by atoms with Crippen LogP contribution >= 0.6 is 23.1 Å². The van der Waals surface area contributed by atoms with Gasteiger partial charge in [0.15, 0.2) is 0 Å². The number of hydrogen-bond donors (Lipinski definition) is 1. The lowest BCUT2D eigenvalue weighted by Gasteiger charge is -2.08. The van der Waals surface area contributed by atoms with E-state index >= 15 is 0 Å². The molecule has 0 atom stereocenters. The first-order valence-corrected chi connectivity index (χ1v) is 10.5. The zero-order valence-electron chi connectivity index (χ0n) is 15.8. The molecule has 2 aromatic heterocycles. The largest absolute Gasteiger partial charge is 0.361 e. The van der Waals surface area contributed by atoms with E-state index in [2.05, 4.69) is 34.5 Å². The summed E-state index contributed by atoms with van der Waals surface area (Å²) in [5.41, 5.74) is 2.57. The highest BCUT2D eigenvalue weighted by atomic mass is 32.2. The van der Waals surface area contributed by atoms with Gasteiger partial charge in [0.25, 0.3) is 5.91 Å². The average Bonchev–Trinajstić information content (AvgIpc) is 3.19. The van der Waals surface area contributed by atoms with Crippen LogP contribution in [0, 0.1) is 19.8 Å². The van der Waals surface area contributed by atoms with Gasteiger partial charge in [-0.25, -0.2) is 0 Å². The van der Waals surface area contributed by atoms with Crippen molar-refractivity contribution in [3.8, 4) is 0 Å². The molecule has 27 heavy (non-hydrogen) atoms. The summed E-state index contributed by atoms with van der Waals surface area (Å²) in [5.74, 6) is 1.84. The van der Waals surface area contributed by atoms with Crippen LogP contribution in [0.4, 0.5) is 5.13 Å². The Morgan fingerprint density at radius 2 is 2.04 bits per heavy atom. The van der Waals surface area contributed by atoms with Crippen molar-refractivity contribution in [2.75, 3.05) is 5.32 Å². The predicted octanol–water partition coefficient (Wildman–Crippen LogP) is 4.89. The van der Waals surface area contributed by atoms with Gasteiger partial charge >= 0.3 is 0 Å². The molecule has 1 aromatic carbocycles. The van der Waals surface area contributed by atoms with Gasteiger partial charge in [0, 0.05) is 22.6 Å². The van der Waals surface area contributed by atoms with Crippen LogP contribution in [0.5, 0.6) is 0 Å². The summed E-state index contributed by atoms with van der Waals surface area (Å²) in [7, 11) is 0. The normalized spacial score (nSPS) is 11.1. The number of nitrogens with one attached hydrogen (secondary N) is 1. The molecule has 6 nitrogen and oxygen atoms in total. The number of carbonyl (C=O) groups is 1. The van der Waals surface area contributed by atoms with E-state index in [1.54, 1.807) is 11.8 Å². The van der Waals surface area contributed by atoms with Gasteiger partial charge in [0.05, 0.1) is 11.3 Å². The van der Waals surface area contributed by atoms with Crippen LogP contribution in [-0.4, -0.2) is 21.3 Å². The van der Waals surface area contributed by atoms with Crippen molar-refractivity contribution >= 4 is 34.1 Å². The molecule has 8 heteroatoms. The Hall–Kier alpha value is -2.19. The Balaban J connectivity index is 1.71. The van der Waals surface area contributed by atoms with Crippen molar-refractivity contribution in [3.05, 3.63) is 51.9 Å². The summed E-state index contributed by atoms with van der Waals surface area (Å²) in [6, 6.07) is 7.56. The molecular weight excluding hydrogens is 380 g/mol. The molecule has 0 radical (unpaired) electrons. The zero-order valence-corrected chi connectivity index (χ0v) is 17.4. The minimum atomic E-state index is -0.177. The van der Waals surface area contributed by atoms with Crippen LogP contribution < -0.4 is 5.32 Å². The number of aryl methyl sites for hydroxylation is 2. The van der Waals surface area contributed by atoms with Gasteiger partial charge in [0.2, 0.25) is 5.13 Å². The number of hydrogen-bond acceptors (Lipinski definition) is 7. The van der Waals surface area contributed by atoms with E-state index in [0.29, 0.717) is 22.4 Å². The third-order valence-electron chi connectivity index (χ3n) is 3.96. The summed E-state index contributed by atoms with van der Waals surface area (Å²) in [6.07, 6.45) is 0.859. The maximum Gasteiger partial charge on any atom is 0.258 e. The Labute approximate surface area is 166 Å². The lowest BCUT2D eigenvalue weighted by molar-refractivity contribution is 0.102. The summed E-state index contributed by atoms with van der Waals surface area (Å²) in [4.78, 5) is 13.6. The van der Waals surface area contributed by atoms with Gasteiger partial charge in [0.1, 0.15) is 10.8 Å². The first-order valence-electron chi connectivity index (χ1n) is 8.71. The van der Waals surface area contributed by atoms with E-state index in [1.807, 2.05) is 38.1 Å². The standard InChI is InChI=1S/C19H22N4O2S2/c1-11(2)9-17-21-22-19(27-17)20-18(24)14-7-5-6-8-16(14)26-10-15-12(3)23-25-13(15)4/h5-8,11H,9-10H2,1-4H3,(H,20,22,24). The molecule has 1 N–H and O–H groups in total.